The fourth-order valence-electron chi connectivity index (χ4n) is 3.36. The van der Waals surface area contributed by atoms with E-state index in [0.717, 1.165) is 24.5 Å². The van der Waals surface area contributed by atoms with Crippen LogP contribution in [0.1, 0.15) is 69.0 Å². The van der Waals surface area contributed by atoms with Crippen molar-refractivity contribution < 1.29 is 9.47 Å². The van der Waals surface area contributed by atoms with E-state index in [0.29, 0.717) is 6.04 Å². The first-order valence-corrected chi connectivity index (χ1v) is 8.78. The Morgan fingerprint density at radius 3 is 2.41 bits per heavy atom. The van der Waals surface area contributed by atoms with E-state index < -0.39 is 0 Å². The maximum Gasteiger partial charge on any atom is 0.161 e. The van der Waals surface area contributed by atoms with Gasteiger partial charge in [0.1, 0.15) is 0 Å². The van der Waals surface area contributed by atoms with Crippen LogP contribution < -0.4 is 14.8 Å². The van der Waals surface area contributed by atoms with Gasteiger partial charge in [-0.05, 0) is 42.6 Å². The number of ether oxygens (including phenoxy) is 2. The third-order valence-electron chi connectivity index (χ3n) is 4.65. The fourth-order valence-corrected chi connectivity index (χ4v) is 3.36. The second-order valence-electron chi connectivity index (χ2n) is 6.22. The first-order chi connectivity index (χ1) is 10.8. The van der Waals surface area contributed by atoms with Crippen LogP contribution in [0.5, 0.6) is 11.5 Å². The molecular weight excluding hydrogens is 274 g/mol. The molecule has 22 heavy (non-hydrogen) atoms. The van der Waals surface area contributed by atoms with Gasteiger partial charge in [0, 0.05) is 6.04 Å². The molecule has 0 saturated heterocycles. The highest BCUT2D eigenvalue weighted by Gasteiger charge is 2.22. The molecule has 1 atom stereocenters. The molecule has 1 N–H and O–H groups in total. The van der Waals surface area contributed by atoms with Crippen molar-refractivity contribution in [2.24, 2.45) is 0 Å². The molecule has 0 aromatic heterocycles. The zero-order valence-corrected chi connectivity index (χ0v) is 14.4. The number of rotatable bonds is 9. The van der Waals surface area contributed by atoms with Crippen molar-refractivity contribution in [2.45, 2.75) is 64.3 Å². The van der Waals surface area contributed by atoms with Gasteiger partial charge >= 0.3 is 0 Å². The summed E-state index contributed by atoms with van der Waals surface area (Å²) in [5.74, 6) is 1.69. The lowest BCUT2D eigenvalue weighted by Gasteiger charge is -2.28. The van der Waals surface area contributed by atoms with Gasteiger partial charge in [0.2, 0.25) is 0 Å². The molecule has 2 rings (SSSR count). The third kappa shape index (κ3) is 4.39. The van der Waals surface area contributed by atoms with Crippen LogP contribution in [-0.4, -0.2) is 20.8 Å². The maximum absolute atomic E-state index is 5.47. The van der Waals surface area contributed by atoms with Crippen molar-refractivity contribution in [1.82, 2.24) is 5.32 Å². The van der Waals surface area contributed by atoms with Gasteiger partial charge in [0.05, 0.1) is 14.2 Å². The standard InChI is InChI=1S/C19H31NO2/c1-4-5-6-7-8-9-10-17-16-14-19(22-3)18(21-2)13-15(16)11-12-20-17/h13-14,17,20H,4-12H2,1-3H3. The van der Waals surface area contributed by atoms with Crippen LogP contribution in [0.2, 0.25) is 0 Å². The van der Waals surface area contributed by atoms with Crippen LogP contribution in [0.3, 0.4) is 0 Å². The van der Waals surface area contributed by atoms with Crippen LogP contribution >= 0.6 is 0 Å². The molecule has 0 spiro atoms. The minimum atomic E-state index is 0.467. The van der Waals surface area contributed by atoms with Gasteiger partial charge in [-0.1, -0.05) is 45.4 Å². The normalized spacial score (nSPS) is 17.1. The molecule has 3 nitrogen and oxygen atoms in total. The SMILES string of the molecule is CCCCCCCCC1NCCc2cc(OC)c(OC)cc21. The quantitative estimate of drug-likeness (QED) is 0.674. The van der Waals surface area contributed by atoms with Gasteiger partial charge < -0.3 is 14.8 Å². The van der Waals surface area contributed by atoms with Crippen molar-refractivity contribution >= 4 is 0 Å². The van der Waals surface area contributed by atoms with E-state index in [4.69, 9.17) is 9.47 Å². The van der Waals surface area contributed by atoms with E-state index in [2.05, 4.69) is 24.4 Å². The maximum atomic E-state index is 5.47. The first-order valence-electron chi connectivity index (χ1n) is 8.78. The van der Waals surface area contributed by atoms with E-state index in [1.54, 1.807) is 14.2 Å². The summed E-state index contributed by atoms with van der Waals surface area (Å²) >= 11 is 0. The average molecular weight is 305 g/mol. The number of nitrogens with one attached hydrogen (secondary N) is 1. The number of fused-ring (bicyclic) bond motifs is 1. The van der Waals surface area contributed by atoms with Crippen LogP contribution in [0.4, 0.5) is 0 Å². The molecule has 0 aliphatic carbocycles. The van der Waals surface area contributed by atoms with Gasteiger partial charge in [-0.3, -0.25) is 0 Å². The van der Waals surface area contributed by atoms with Gasteiger partial charge in [0.25, 0.3) is 0 Å². The van der Waals surface area contributed by atoms with Crippen molar-refractivity contribution in [3.8, 4) is 11.5 Å². The molecule has 124 valence electrons. The second kappa shape index (κ2) is 9.04. The summed E-state index contributed by atoms with van der Waals surface area (Å²) in [6, 6.07) is 4.79. The van der Waals surface area contributed by atoms with Crippen molar-refractivity contribution in [2.75, 3.05) is 20.8 Å². The third-order valence-corrected chi connectivity index (χ3v) is 4.65. The lowest BCUT2D eigenvalue weighted by molar-refractivity contribution is 0.351. The molecule has 1 aromatic rings. The number of hydrogen-bond acceptors (Lipinski definition) is 3. The highest BCUT2D eigenvalue weighted by atomic mass is 16.5. The van der Waals surface area contributed by atoms with E-state index >= 15 is 0 Å². The molecule has 0 amide bonds. The Morgan fingerprint density at radius 1 is 1.00 bits per heavy atom. The predicted octanol–water partition coefficient (Wildman–Crippen LogP) is 4.64. The lowest BCUT2D eigenvalue weighted by atomic mass is 9.90. The molecule has 3 heteroatoms. The molecule has 1 aliphatic rings. The monoisotopic (exact) mass is 305 g/mol. The Bertz CT molecular complexity index is 459. The van der Waals surface area contributed by atoms with E-state index in [9.17, 15) is 0 Å². The Kier molecular flexibility index (Phi) is 7.04. The van der Waals surface area contributed by atoms with Gasteiger partial charge in [-0.25, -0.2) is 0 Å². The topological polar surface area (TPSA) is 30.5 Å². The molecule has 0 bridgehead atoms. The largest absolute Gasteiger partial charge is 0.493 e. The summed E-state index contributed by atoms with van der Waals surface area (Å²) in [5.41, 5.74) is 2.81. The van der Waals surface area contributed by atoms with Gasteiger partial charge in [-0.15, -0.1) is 0 Å². The first kappa shape index (κ1) is 17.1. The van der Waals surface area contributed by atoms with Crippen LogP contribution in [0.25, 0.3) is 0 Å². The van der Waals surface area contributed by atoms with E-state index in [-0.39, 0.29) is 0 Å². The Morgan fingerprint density at radius 2 is 1.68 bits per heavy atom. The summed E-state index contributed by atoms with van der Waals surface area (Å²) in [5, 5.41) is 3.67. The molecule has 0 radical (unpaired) electrons. The average Bonchev–Trinajstić information content (AvgIpc) is 2.56. The molecule has 1 unspecified atom stereocenters. The predicted molar refractivity (Wildman–Crippen MR) is 92.0 cm³/mol. The lowest BCUT2D eigenvalue weighted by Crippen LogP contribution is -2.29. The second-order valence-corrected chi connectivity index (χ2v) is 6.22. The zero-order valence-electron chi connectivity index (χ0n) is 14.4. The summed E-state index contributed by atoms with van der Waals surface area (Å²) < 4.78 is 10.9. The number of hydrogen-bond donors (Lipinski definition) is 1. The smallest absolute Gasteiger partial charge is 0.161 e. The van der Waals surface area contributed by atoms with Gasteiger partial charge in [-0.2, -0.15) is 0 Å². The number of methoxy groups -OCH3 is 2. The van der Waals surface area contributed by atoms with E-state index in [1.807, 2.05) is 0 Å². The van der Waals surface area contributed by atoms with Crippen LogP contribution in [0.15, 0.2) is 12.1 Å². The molecule has 0 fully saturated rings. The summed E-state index contributed by atoms with van der Waals surface area (Å²) in [6.45, 7) is 3.33. The van der Waals surface area contributed by atoms with Crippen molar-refractivity contribution in [3.05, 3.63) is 23.3 Å². The summed E-state index contributed by atoms with van der Waals surface area (Å²) in [4.78, 5) is 0. The Labute approximate surface area is 135 Å². The molecule has 1 heterocycles. The van der Waals surface area contributed by atoms with Crippen LogP contribution in [-0.2, 0) is 6.42 Å². The zero-order chi connectivity index (χ0) is 15.8. The van der Waals surface area contributed by atoms with Gasteiger partial charge in [0.15, 0.2) is 11.5 Å². The number of unbranched alkanes of at least 4 members (excludes halogenated alkanes) is 5. The van der Waals surface area contributed by atoms with Crippen molar-refractivity contribution in [3.63, 3.8) is 0 Å². The molecule has 1 aliphatic heterocycles. The molecule has 1 aromatic carbocycles. The minimum Gasteiger partial charge on any atom is -0.493 e. The highest BCUT2D eigenvalue weighted by molar-refractivity contribution is 5.49. The van der Waals surface area contributed by atoms with Crippen molar-refractivity contribution in [1.29, 1.82) is 0 Å². The fraction of sp³-hybridized carbons (Fsp3) is 0.684. The van der Waals surface area contributed by atoms with Crippen LogP contribution in [0, 0.1) is 0 Å². The Hall–Kier alpha value is -1.22. The van der Waals surface area contributed by atoms with E-state index in [1.165, 1.54) is 56.1 Å². The molecular formula is C19H31NO2. The summed E-state index contributed by atoms with van der Waals surface area (Å²) in [7, 11) is 3.42. The molecule has 0 saturated carbocycles. The minimum absolute atomic E-state index is 0.467. The Balaban J connectivity index is 1.95. The highest BCUT2D eigenvalue weighted by Crippen LogP contribution is 2.36. The number of benzene rings is 1. The summed E-state index contributed by atoms with van der Waals surface area (Å²) in [6.07, 6.45) is 10.4.